The Morgan fingerprint density at radius 1 is 1.11 bits per heavy atom. The van der Waals surface area contributed by atoms with Gasteiger partial charge in [0.2, 0.25) is 0 Å². The van der Waals surface area contributed by atoms with E-state index in [1.807, 2.05) is 6.07 Å². The first kappa shape index (κ1) is 34.4. The monoisotopic (exact) mass is 673 g/mol. The van der Waals surface area contributed by atoms with E-state index >= 15 is 0 Å². The number of carbonyl (C=O) groups excluding carboxylic acids is 1. The van der Waals surface area contributed by atoms with E-state index in [0.29, 0.717) is 41.0 Å². The Morgan fingerprint density at radius 2 is 1.83 bits per heavy atom. The third-order valence-electron chi connectivity index (χ3n) is 9.62. The lowest BCUT2D eigenvalue weighted by atomic mass is 9.75. The minimum atomic E-state index is -4.44. The topological polar surface area (TPSA) is 105 Å². The molecule has 0 bridgehead atoms. The van der Waals surface area contributed by atoms with Gasteiger partial charge in [-0.3, -0.25) is 9.69 Å². The molecule has 2 aromatic carbocycles. The first-order valence-corrected chi connectivity index (χ1v) is 17.7. The summed E-state index contributed by atoms with van der Waals surface area (Å²) in [6.45, 7) is 2.28. The second kappa shape index (κ2) is 13.7. The molecule has 0 spiro atoms. The number of alkyl halides is 3. The van der Waals surface area contributed by atoms with Crippen LogP contribution < -0.4 is 20.7 Å². The Labute approximate surface area is 274 Å². The number of carbonyl (C=O) groups is 1. The van der Waals surface area contributed by atoms with Crippen molar-refractivity contribution < 1.29 is 31.1 Å². The van der Waals surface area contributed by atoms with Gasteiger partial charge in [-0.2, -0.15) is 13.2 Å². The SMILES string of the molecule is CCC1(N2CC(S(C)(=O)=O)C2)CCC(Nc2cccc3c2cc(C#CCNc2ccc(C(=O)NC)cc2OC)n3CC(F)(F)F)CC1. The Balaban J connectivity index is 1.31. The highest BCUT2D eigenvalue weighted by molar-refractivity contribution is 7.91. The lowest BCUT2D eigenvalue weighted by molar-refractivity contribution is -0.140. The van der Waals surface area contributed by atoms with E-state index in [-0.39, 0.29) is 35.0 Å². The van der Waals surface area contributed by atoms with E-state index < -0.39 is 22.6 Å². The molecule has 1 aliphatic carbocycles. The van der Waals surface area contributed by atoms with Gasteiger partial charge in [0.25, 0.3) is 5.91 Å². The molecule has 13 heteroatoms. The van der Waals surface area contributed by atoms with Gasteiger partial charge in [0.05, 0.1) is 35.8 Å². The van der Waals surface area contributed by atoms with Gasteiger partial charge >= 0.3 is 6.18 Å². The Hall–Kier alpha value is -3.89. The fraction of sp³-hybridized carbons (Fsp3) is 0.500. The highest BCUT2D eigenvalue weighted by Gasteiger charge is 2.47. The molecule has 9 nitrogen and oxygen atoms in total. The number of anilines is 2. The summed E-state index contributed by atoms with van der Waals surface area (Å²) in [6, 6.07) is 12.1. The number of nitrogens with one attached hydrogen (secondary N) is 3. The maximum Gasteiger partial charge on any atom is 0.406 e. The van der Waals surface area contributed by atoms with Crippen molar-refractivity contribution in [2.24, 2.45) is 0 Å². The maximum atomic E-state index is 13.7. The first-order chi connectivity index (χ1) is 22.3. The molecule has 2 fully saturated rings. The van der Waals surface area contributed by atoms with Crippen molar-refractivity contribution in [2.45, 2.75) is 68.6 Å². The molecule has 254 valence electrons. The van der Waals surface area contributed by atoms with Crippen molar-refractivity contribution in [3.05, 3.63) is 53.7 Å². The van der Waals surface area contributed by atoms with Gasteiger partial charge < -0.3 is 25.3 Å². The lowest BCUT2D eigenvalue weighted by Crippen LogP contribution is -2.65. The van der Waals surface area contributed by atoms with E-state index in [0.717, 1.165) is 37.8 Å². The molecular weight excluding hydrogens is 631 g/mol. The highest BCUT2D eigenvalue weighted by atomic mass is 32.2. The number of likely N-dealkylation sites (tertiary alicyclic amines) is 1. The normalized spacial score (nSPS) is 20.6. The van der Waals surface area contributed by atoms with Crippen LogP contribution in [0.25, 0.3) is 10.9 Å². The van der Waals surface area contributed by atoms with Crippen molar-refractivity contribution in [2.75, 3.05) is 50.7 Å². The Kier molecular flexibility index (Phi) is 10.0. The van der Waals surface area contributed by atoms with Gasteiger partial charge in [-0.15, -0.1) is 0 Å². The predicted octanol–water partition coefficient (Wildman–Crippen LogP) is 5.27. The number of sulfone groups is 1. The molecule has 3 N–H and O–H groups in total. The van der Waals surface area contributed by atoms with E-state index in [1.165, 1.54) is 25.0 Å². The largest absolute Gasteiger partial charge is 0.495 e. The van der Waals surface area contributed by atoms with Crippen LogP contribution in [-0.2, 0) is 16.4 Å². The number of methoxy groups -OCH3 is 1. The van der Waals surface area contributed by atoms with Crippen LogP contribution >= 0.6 is 0 Å². The highest BCUT2D eigenvalue weighted by Crippen LogP contribution is 2.41. The average Bonchev–Trinajstić information content (AvgIpc) is 3.34. The molecule has 1 aromatic heterocycles. The molecule has 1 amide bonds. The van der Waals surface area contributed by atoms with Crippen LogP contribution in [0.1, 0.15) is 55.1 Å². The number of rotatable bonds is 10. The number of aromatic nitrogens is 1. The van der Waals surface area contributed by atoms with Crippen molar-refractivity contribution in [3.8, 4) is 17.6 Å². The van der Waals surface area contributed by atoms with E-state index in [2.05, 4.69) is 39.6 Å². The summed E-state index contributed by atoms with van der Waals surface area (Å²) in [5.41, 5.74) is 2.47. The second-order valence-corrected chi connectivity index (χ2v) is 14.8. The van der Waals surface area contributed by atoms with Gasteiger partial charge in [-0.05, 0) is 74.4 Å². The van der Waals surface area contributed by atoms with Crippen LogP contribution in [0.4, 0.5) is 24.5 Å². The summed E-state index contributed by atoms with van der Waals surface area (Å²) in [5, 5.41) is 9.66. The fourth-order valence-electron chi connectivity index (χ4n) is 6.77. The number of halogens is 3. The standard InChI is InChI=1S/C34H42F3N5O4S/c1-5-33(41-20-26(21-41)47(4,44)45)15-13-24(14-16-33)40-28-9-6-10-30-27(28)19-25(42(30)22-34(35,36)37)8-7-17-39-29-12-11-23(32(43)38-2)18-31(29)46-3/h6,9-12,18-19,24,26,39-40H,5,13-17,20-22H2,1-4H3,(H,38,43). The smallest absolute Gasteiger partial charge is 0.406 e. The second-order valence-electron chi connectivity index (χ2n) is 12.5. The zero-order valence-corrected chi connectivity index (χ0v) is 27.9. The molecule has 0 radical (unpaired) electrons. The van der Waals surface area contributed by atoms with Gasteiger partial charge in [-0.25, -0.2) is 8.42 Å². The van der Waals surface area contributed by atoms with Crippen molar-refractivity contribution in [1.29, 1.82) is 0 Å². The molecule has 47 heavy (non-hydrogen) atoms. The van der Waals surface area contributed by atoms with Crippen LogP contribution in [0.3, 0.4) is 0 Å². The van der Waals surface area contributed by atoms with Gasteiger partial charge in [0, 0.05) is 54.6 Å². The van der Waals surface area contributed by atoms with E-state index in [1.54, 1.807) is 36.4 Å². The molecule has 5 rings (SSSR count). The third-order valence-corrected chi connectivity index (χ3v) is 11.1. The minimum absolute atomic E-state index is 0.0194. The lowest BCUT2D eigenvalue weighted by Gasteiger charge is -2.54. The zero-order valence-electron chi connectivity index (χ0n) is 27.1. The van der Waals surface area contributed by atoms with Gasteiger partial charge in [0.1, 0.15) is 12.3 Å². The van der Waals surface area contributed by atoms with Crippen LogP contribution in [0.2, 0.25) is 0 Å². The van der Waals surface area contributed by atoms with Crippen LogP contribution in [0, 0.1) is 11.8 Å². The summed E-state index contributed by atoms with van der Waals surface area (Å²) >= 11 is 0. The van der Waals surface area contributed by atoms with Gasteiger partial charge in [0.15, 0.2) is 9.84 Å². The number of benzene rings is 2. The van der Waals surface area contributed by atoms with Crippen LogP contribution in [0.15, 0.2) is 42.5 Å². The number of fused-ring (bicyclic) bond motifs is 1. The molecular formula is C34H42F3N5O4S. The van der Waals surface area contributed by atoms with Gasteiger partial charge in [-0.1, -0.05) is 18.9 Å². The summed E-state index contributed by atoms with van der Waals surface area (Å²) in [6.07, 6.45) is 1.40. The summed E-state index contributed by atoms with van der Waals surface area (Å²) in [4.78, 5) is 14.3. The average molecular weight is 674 g/mol. The molecule has 1 saturated heterocycles. The predicted molar refractivity (Wildman–Crippen MR) is 179 cm³/mol. The number of nitrogens with zero attached hydrogens (tertiary/aromatic N) is 2. The number of hydrogen-bond donors (Lipinski definition) is 3. The number of amides is 1. The van der Waals surface area contributed by atoms with E-state index in [9.17, 15) is 26.4 Å². The summed E-state index contributed by atoms with van der Waals surface area (Å²) in [5.74, 6) is 6.06. The van der Waals surface area contributed by atoms with Crippen molar-refractivity contribution >= 4 is 38.0 Å². The third kappa shape index (κ3) is 7.65. The first-order valence-electron chi connectivity index (χ1n) is 15.8. The van der Waals surface area contributed by atoms with Crippen molar-refractivity contribution in [1.82, 2.24) is 14.8 Å². The van der Waals surface area contributed by atoms with Crippen LogP contribution in [0.5, 0.6) is 5.75 Å². The summed E-state index contributed by atoms with van der Waals surface area (Å²) in [7, 11) is -0.0238. The number of hydrogen-bond acceptors (Lipinski definition) is 7. The number of ether oxygens (including phenoxy) is 1. The maximum absolute atomic E-state index is 13.7. The quantitative estimate of drug-likeness (QED) is 0.252. The molecule has 0 atom stereocenters. The van der Waals surface area contributed by atoms with Crippen LogP contribution in [-0.4, -0.2) is 86.8 Å². The summed E-state index contributed by atoms with van der Waals surface area (Å²) < 4.78 is 71.7. The van der Waals surface area contributed by atoms with E-state index in [4.69, 9.17) is 4.74 Å². The Morgan fingerprint density at radius 3 is 2.45 bits per heavy atom. The zero-order chi connectivity index (χ0) is 34.0. The minimum Gasteiger partial charge on any atom is -0.495 e. The molecule has 2 aliphatic rings. The molecule has 1 saturated carbocycles. The molecule has 1 aliphatic heterocycles. The molecule has 2 heterocycles. The fourth-order valence-corrected chi connectivity index (χ4v) is 7.67. The molecule has 3 aromatic rings. The Bertz CT molecular complexity index is 1780. The molecule has 0 unspecified atom stereocenters. The van der Waals surface area contributed by atoms with Crippen molar-refractivity contribution in [3.63, 3.8) is 0 Å².